The van der Waals surface area contributed by atoms with Crippen molar-refractivity contribution < 1.29 is 24.0 Å². The summed E-state index contributed by atoms with van der Waals surface area (Å²) in [5.41, 5.74) is 1.37. The number of amides is 1. The number of rotatable bonds is 5. The van der Waals surface area contributed by atoms with E-state index in [2.05, 4.69) is 10.5 Å². The van der Waals surface area contributed by atoms with Gasteiger partial charge in [-0.25, -0.2) is 4.79 Å². The van der Waals surface area contributed by atoms with Crippen molar-refractivity contribution in [2.75, 3.05) is 7.11 Å². The van der Waals surface area contributed by atoms with E-state index < -0.39 is 12.0 Å². The third-order valence-electron chi connectivity index (χ3n) is 3.14. The Morgan fingerprint density at radius 2 is 1.95 bits per heavy atom. The number of aromatic carboxylic acids is 1. The highest BCUT2D eigenvalue weighted by Crippen LogP contribution is 2.31. The molecule has 22 heavy (non-hydrogen) atoms. The molecule has 0 aliphatic rings. The number of ether oxygens (including phenoxy) is 1. The van der Waals surface area contributed by atoms with Gasteiger partial charge in [0.25, 0.3) is 0 Å². The lowest BCUT2D eigenvalue weighted by atomic mass is 10.0. The largest absolute Gasteiger partial charge is 0.497 e. The Labute approximate surface area is 126 Å². The Kier molecular flexibility index (Phi) is 4.45. The zero-order valence-corrected chi connectivity index (χ0v) is 12.4. The van der Waals surface area contributed by atoms with Gasteiger partial charge in [-0.3, -0.25) is 4.79 Å². The number of carbonyl (C=O) groups is 2. The van der Waals surface area contributed by atoms with Gasteiger partial charge in [0.2, 0.25) is 11.7 Å². The van der Waals surface area contributed by atoms with Crippen LogP contribution in [0.25, 0.3) is 11.3 Å². The standard InChI is InChI=1S/C15H16N2O5/c1-8(16-9(2)18)12-13(17-22-14(12)15(19)20)10-4-6-11(21-3)7-5-10/h4-8H,1-3H3,(H,16,18)(H,19,20). The van der Waals surface area contributed by atoms with Crippen molar-refractivity contribution in [2.24, 2.45) is 0 Å². The van der Waals surface area contributed by atoms with Crippen molar-refractivity contribution in [3.8, 4) is 17.0 Å². The van der Waals surface area contributed by atoms with Gasteiger partial charge in [0.15, 0.2) is 0 Å². The van der Waals surface area contributed by atoms with Crippen LogP contribution in [0, 0.1) is 0 Å². The number of carbonyl (C=O) groups excluding carboxylic acids is 1. The fourth-order valence-electron chi connectivity index (χ4n) is 2.19. The molecular formula is C15H16N2O5. The summed E-state index contributed by atoms with van der Waals surface area (Å²) in [5.74, 6) is -1.13. The molecule has 0 bridgehead atoms. The first-order valence-electron chi connectivity index (χ1n) is 6.58. The fourth-order valence-corrected chi connectivity index (χ4v) is 2.19. The van der Waals surface area contributed by atoms with Crippen LogP contribution in [-0.2, 0) is 4.79 Å². The van der Waals surface area contributed by atoms with Crippen LogP contribution in [0.2, 0.25) is 0 Å². The lowest BCUT2D eigenvalue weighted by Gasteiger charge is -2.13. The summed E-state index contributed by atoms with van der Waals surface area (Å²) in [4.78, 5) is 22.5. The van der Waals surface area contributed by atoms with Crippen LogP contribution in [0.1, 0.15) is 36.0 Å². The van der Waals surface area contributed by atoms with Crippen molar-refractivity contribution in [2.45, 2.75) is 19.9 Å². The summed E-state index contributed by atoms with van der Waals surface area (Å²) < 4.78 is 10.0. The van der Waals surface area contributed by atoms with Crippen LogP contribution in [-0.4, -0.2) is 29.2 Å². The second kappa shape index (κ2) is 6.30. The molecule has 2 N–H and O–H groups in total. The first-order chi connectivity index (χ1) is 10.4. The Balaban J connectivity index is 2.50. The number of nitrogens with one attached hydrogen (secondary N) is 1. The highest BCUT2D eigenvalue weighted by molar-refractivity contribution is 5.89. The van der Waals surface area contributed by atoms with Gasteiger partial charge in [0.1, 0.15) is 11.4 Å². The molecule has 0 fully saturated rings. The Hall–Kier alpha value is -2.83. The van der Waals surface area contributed by atoms with Gasteiger partial charge in [0.05, 0.1) is 18.7 Å². The monoisotopic (exact) mass is 304 g/mol. The van der Waals surface area contributed by atoms with E-state index in [4.69, 9.17) is 9.26 Å². The second-order valence-electron chi connectivity index (χ2n) is 4.73. The minimum atomic E-state index is -1.24. The Morgan fingerprint density at radius 3 is 2.45 bits per heavy atom. The van der Waals surface area contributed by atoms with Crippen LogP contribution in [0.3, 0.4) is 0 Å². The van der Waals surface area contributed by atoms with Crippen molar-refractivity contribution in [1.29, 1.82) is 0 Å². The fraction of sp³-hybridized carbons (Fsp3) is 0.267. The zero-order valence-electron chi connectivity index (χ0n) is 12.4. The number of nitrogens with zero attached hydrogens (tertiary/aromatic N) is 1. The maximum Gasteiger partial charge on any atom is 0.375 e. The SMILES string of the molecule is COc1ccc(-c2noc(C(=O)O)c2C(C)NC(C)=O)cc1. The van der Waals surface area contributed by atoms with Crippen molar-refractivity contribution in [3.63, 3.8) is 0 Å². The number of carboxylic acids is 1. The molecule has 0 saturated heterocycles. The van der Waals surface area contributed by atoms with Crippen molar-refractivity contribution in [1.82, 2.24) is 10.5 Å². The van der Waals surface area contributed by atoms with Gasteiger partial charge in [-0.1, -0.05) is 5.16 Å². The number of hydrogen-bond acceptors (Lipinski definition) is 5. The van der Waals surface area contributed by atoms with Crippen LogP contribution < -0.4 is 10.1 Å². The lowest BCUT2D eigenvalue weighted by molar-refractivity contribution is -0.119. The highest BCUT2D eigenvalue weighted by Gasteiger charge is 2.27. The van der Waals surface area contributed by atoms with Gasteiger partial charge < -0.3 is 19.7 Å². The molecular weight excluding hydrogens is 288 g/mol. The number of aromatic nitrogens is 1. The highest BCUT2D eigenvalue weighted by atomic mass is 16.5. The molecule has 1 unspecified atom stereocenters. The summed E-state index contributed by atoms with van der Waals surface area (Å²) in [7, 11) is 1.55. The third kappa shape index (κ3) is 3.08. The van der Waals surface area contributed by atoms with Gasteiger partial charge in [-0.05, 0) is 31.2 Å². The summed E-state index contributed by atoms with van der Waals surface area (Å²) in [6.45, 7) is 3.03. The minimum Gasteiger partial charge on any atom is -0.497 e. The summed E-state index contributed by atoms with van der Waals surface area (Å²) in [6.07, 6.45) is 0. The lowest BCUT2D eigenvalue weighted by Crippen LogP contribution is -2.25. The van der Waals surface area contributed by atoms with E-state index in [-0.39, 0.29) is 11.7 Å². The third-order valence-corrected chi connectivity index (χ3v) is 3.14. The average molecular weight is 304 g/mol. The van der Waals surface area contributed by atoms with E-state index in [1.54, 1.807) is 38.3 Å². The molecule has 1 heterocycles. The molecule has 1 amide bonds. The summed E-state index contributed by atoms with van der Waals surface area (Å²) >= 11 is 0. The predicted molar refractivity (Wildman–Crippen MR) is 77.7 cm³/mol. The molecule has 0 radical (unpaired) electrons. The maximum atomic E-state index is 11.3. The molecule has 2 aromatic rings. The van der Waals surface area contributed by atoms with Crippen LogP contribution in [0.15, 0.2) is 28.8 Å². The molecule has 0 saturated carbocycles. The van der Waals surface area contributed by atoms with E-state index >= 15 is 0 Å². The molecule has 7 heteroatoms. The first-order valence-corrected chi connectivity index (χ1v) is 6.58. The average Bonchev–Trinajstić information content (AvgIpc) is 2.91. The quantitative estimate of drug-likeness (QED) is 0.878. The topological polar surface area (TPSA) is 102 Å². The van der Waals surface area contributed by atoms with E-state index in [9.17, 15) is 14.7 Å². The second-order valence-corrected chi connectivity index (χ2v) is 4.73. The van der Waals surface area contributed by atoms with Crippen LogP contribution in [0.4, 0.5) is 0 Å². The molecule has 0 aliphatic heterocycles. The number of benzene rings is 1. The molecule has 2 rings (SSSR count). The van der Waals surface area contributed by atoms with E-state index in [0.717, 1.165) is 0 Å². The number of hydrogen-bond donors (Lipinski definition) is 2. The Bertz CT molecular complexity index is 690. The molecule has 0 spiro atoms. The molecule has 7 nitrogen and oxygen atoms in total. The maximum absolute atomic E-state index is 11.3. The predicted octanol–water partition coefficient (Wildman–Crippen LogP) is 2.25. The molecule has 1 aromatic carbocycles. The number of methoxy groups -OCH3 is 1. The minimum absolute atomic E-state index is 0.272. The Morgan fingerprint density at radius 1 is 1.32 bits per heavy atom. The van der Waals surface area contributed by atoms with Crippen LogP contribution >= 0.6 is 0 Å². The van der Waals surface area contributed by atoms with Crippen molar-refractivity contribution in [3.05, 3.63) is 35.6 Å². The zero-order chi connectivity index (χ0) is 16.3. The van der Waals surface area contributed by atoms with Gasteiger partial charge in [-0.2, -0.15) is 0 Å². The summed E-state index contributed by atoms with van der Waals surface area (Å²) in [6, 6.07) is 6.40. The summed E-state index contributed by atoms with van der Waals surface area (Å²) in [5, 5.41) is 15.7. The van der Waals surface area contributed by atoms with Crippen molar-refractivity contribution >= 4 is 11.9 Å². The van der Waals surface area contributed by atoms with Gasteiger partial charge >= 0.3 is 5.97 Å². The molecule has 1 atom stereocenters. The smallest absolute Gasteiger partial charge is 0.375 e. The van der Waals surface area contributed by atoms with E-state index in [1.165, 1.54) is 6.92 Å². The molecule has 116 valence electrons. The van der Waals surface area contributed by atoms with Crippen LogP contribution in [0.5, 0.6) is 5.75 Å². The van der Waals surface area contributed by atoms with E-state index in [1.807, 2.05) is 0 Å². The normalized spacial score (nSPS) is 11.8. The molecule has 0 aliphatic carbocycles. The van der Waals surface area contributed by atoms with E-state index in [0.29, 0.717) is 22.6 Å². The first kappa shape index (κ1) is 15.6. The molecule has 1 aromatic heterocycles. The van der Waals surface area contributed by atoms with Gasteiger partial charge in [-0.15, -0.1) is 0 Å². The van der Waals surface area contributed by atoms with Gasteiger partial charge in [0, 0.05) is 12.5 Å². The number of carboxylic acid groups (broad SMARTS) is 1.